The average Bonchev–Trinajstić information content (AvgIpc) is 2.59. The predicted octanol–water partition coefficient (Wildman–Crippen LogP) is 1.88. The molecule has 1 aromatic carbocycles. The molecule has 0 spiro atoms. The molecule has 5 nitrogen and oxygen atoms in total. The molecular weight excluding hydrogens is 290 g/mol. The second-order valence-electron chi connectivity index (χ2n) is 6.46. The van der Waals surface area contributed by atoms with E-state index in [2.05, 4.69) is 24.0 Å². The lowest BCUT2D eigenvalue weighted by atomic mass is 10.0. The number of piperazine rings is 1. The van der Waals surface area contributed by atoms with Gasteiger partial charge in [-0.2, -0.15) is 0 Å². The third kappa shape index (κ3) is 4.24. The van der Waals surface area contributed by atoms with Crippen LogP contribution >= 0.6 is 0 Å². The van der Waals surface area contributed by atoms with Crippen LogP contribution in [0.4, 0.5) is 0 Å². The summed E-state index contributed by atoms with van der Waals surface area (Å²) in [5, 5.41) is 0. The van der Waals surface area contributed by atoms with Gasteiger partial charge in [0.1, 0.15) is 5.75 Å². The summed E-state index contributed by atoms with van der Waals surface area (Å²) in [5.74, 6) is 0.944. The third-order valence-electron chi connectivity index (χ3n) is 4.93. The molecule has 23 heavy (non-hydrogen) atoms. The van der Waals surface area contributed by atoms with Gasteiger partial charge >= 0.3 is 0 Å². The molecule has 3 atom stereocenters. The fourth-order valence-corrected chi connectivity index (χ4v) is 2.95. The normalized spacial score (nSPS) is 20.0. The lowest BCUT2D eigenvalue weighted by molar-refractivity contribution is -0.137. The Kier molecular flexibility index (Phi) is 6.02. The Bertz CT molecular complexity index is 525. The number of nitrogens with two attached hydrogens (primary N) is 1. The Balaban J connectivity index is 1.94. The monoisotopic (exact) mass is 319 g/mol. The van der Waals surface area contributed by atoms with Crippen LogP contribution in [0, 0.1) is 5.92 Å². The van der Waals surface area contributed by atoms with E-state index in [1.807, 2.05) is 30.9 Å². The molecule has 1 heterocycles. The summed E-state index contributed by atoms with van der Waals surface area (Å²) in [4.78, 5) is 16.7. The summed E-state index contributed by atoms with van der Waals surface area (Å²) in [6, 6.07) is 8.41. The molecule has 0 saturated carbocycles. The highest BCUT2D eigenvalue weighted by molar-refractivity contribution is 5.79. The Labute approximate surface area is 139 Å². The fraction of sp³-hybridized carbons (Fsp3) is 0.611. The van der Waals surface area contributed by atoms with E-state index in [4.69, 9.17) is 10.5 Å². The second-order valence-corrected chi connectivity index (χ2v) is 6.46. The van der Waals surface area contributed by atoms with Gasteiger partial charge in [0.05, 0.1) is 13.0 Å². The van der Waals surface area contributed by atoms with Crippen LogP contribution in [-0.2, 0) is 4.79 Å². The fourth-order valence-electron chi connectivity index (χ4n) is 2.95. The molecule has 1 amide bonds. The first-order valence-corrected chi connectivity index (χ1v) is 8.36. The molecule has 1 aromatic rings. The number of nitrogens with zero attached hydrogens (tertiary/aromatic N) is 2. The molecule has 1 fully saturated rings. The molecule has 1 aliphatic heterocycles. The van der Waals surface area contributed by atoms with E-state index in [0.29, 0.717) is 6.04 Å². The van der Waals surface area contributed by atoms with Crippen molar-refractivity contribution in [3.8, 4) is 5.75 Å². The number of methoxy groups -OCH3 is 1. The van der Waals surface area contributed by atoms with E-state index in [1.54, 1.807) is 7.11 Å². The summed E-state index contributed by atoms with van der Waals surface area (Å²) >= 11 is 0. The number of benzene rings is 1. The summed E-state index contributed by atoms with van der Waals surface area (Å²) in [6.07, 6.45) is 0. The maximum Gasteiger partial charge on any atom is 0.227 e. The van der Waals surface area contributed by atoms with E-state index >= 15 is 0 Å². The molecule has 2 N–H and O–H groups in total. The first-order chi connectivity index (χ1) is 10.9. The van der Waals surface area contributed by atoms with Crippen LogP contribution in [0.2, 0.25) is 0 Å². The molecule has 0 bridgehead atoms. The van der Waals surface area contributed by atoms with Gasteiger partial charge in [-0.1, -0.05) is 19.1 Å². The lowest BCUT2D eigenvalue weighted by Crippen LogP contribution is -2.52. The van der Waals surface area contributed by atoms with E-state index in [1.165, 1.54) is 5.56 Å². The van der Waals surface area contributed by atoms with Crippen LogP contribution in [0.5, 0.6) is 5.75 Å². The molecule has 5 heteroatoms. The van der Waals surface area contributed by atoms with Crippen molar-refractivity contribution in [3.05, 3.63) is 29.8 Å². The SMILES string of the molecule is COc1cccc(C(C)N2CCN(C(=O)C(C)C(C)N)CC2)c1. The van der Waals surface area contributed by atoms with Gasteiger partial charge in [-0.05, 0) is 31.5 Å². The highest BCUT2D eigenvalue weighted by Crippen LogP contribution is 2.25. The number of hydrogen-bond acceptors (Lipinski definition) is 4. The van der Waals surface area contributed by atoms with E-state index in [-0.39, 0.29) is 17.9 Å². The first-order valence-electron chi connectivity index (χ1n) is 8.36. The number of amides is 1. The minimum absolute atomic E-state index is 0.101. The molecule has 0 aromatic heterocycles. The van der Waals surface area contributed by atoms with Crippen molar-refractivity contribution < 1.29 is 9.53 Å². The van der Waals surface area contributed by atoms with E-state index < -0.39 is 0 Å². The van der Waals surface area contributed by atoms with E-state index in [0.717, 1.165) is 31.9 Å². The summed E-state index contributed by atoms with van der Waals surface area (Å²) in [7, 11) is 1.69. The van der Waals surface area contributed by atoms with Crippen molar-refractivity contribution in [1.29, 1.82) is 0 Å². The maximum absolute atomic E-state index is 12.4. The highest BCUT2D eigenvalue weighted by atomic mass is 16.5. The zero-order chi connectivity index (χ0) is 17.0. The van der Waals surface area contributed by atoms with Crippen molar-refractivity contribution in [2.24, 2.45) is 11.7 Å². The molecule has 0 radical (unpaired) electrons. The Morgan fingerprint density at radius 2 is 1.83 bits per heavy atom. The quantitative estimate of drug-likeness (QED) is 0.900. The van der Waals surface area contributed by atoms with Gasteiger partial charge in [-0.25, -0.2) is 0 Å². The van der Waals surface area contributed by atoms with Crippen LogP contribution in [0.1, 0.15) is 32.4 Å². The standard InChI is InChI=1S/C18H29N3O2/c1-13(14(2)19)18(22)21-10-8-20(9-11-21)15(3)16-6-5-7-17(12-16)23-4/h5-7,12-15H,8-11,19H2,1-4H3. The molecule has 3 unspecified atom stereocenters. The molecular formula is C18H29N3O2. The smallest absolute Gasteiger partial charge is 0.227 e. The van der Waals surface area contributed by atoms with Crippen molar-refractivity contribution in [2.75, 3.05) is 33.3 Å². The molecule has 128 valence electrons. The van der Waals surface area contributed by atoms with Crippen molar-refractivity contribution in [3.63, 3.8) is 0 Å². The second kappa shape index (κ2) is 7.79. The third-order valence-corrected chi connectivity index (χ3v) is 4.93. The lowest BCUT2D eigenvalue weighted by Gasteiger charge is -2.39. The van der Waals surface area contributed by atoms with Crippen LogP contribution < -0.4 is 10.5 Å². The van der Waals surface area contributed by atoms with Gasteiger partial charge in [0.2, 0.25) is 5.91 Å². The summed E-state index contributed by atoms with van der Waals surface area (Å²) in [6.45, 7) is 9.32. The highest BCUT2D eigenvalue weighted by Gasteiger charge is 2.28. The van der Waals surface area contributed by atoms with Gasteiger partial charge in [-0.15, -0.1) is 0 Å². The van der Waals surface area contributed by atoms with Crippen LogP contribution in [0.3, 0.4) is 0 Å². The predicted molar refractivity (Wildman–Crippen MR) is 92.4 cm³/mol. The summed E-state index contributed by atoms with van der Waals surface area (Å²) < 4.78 is 5.31. The Morgan fingerprint density at radius 1 is 1.17 bits per heavy atom. The minimum atomic E-state index is -0.114. The van der Waals surface area contributed by atoms with Gasteiger partial charge in [-0.3, -0.25) is 9.69 Å². The van der Waals surface area contributed by atoms with E-state index in [9.17, 15) is 4.79 Å². The van der Waals surface area contributed by atoms with Crippen molar-refractivity contribution >= 4 is 5.91 Å². The average molecular weight is 319 g/mol. The van der Waals surface area contributed by atoms with Crippen molar-refractivity contribution in [1.82, 2.24) is 9.80 Å². The van der Waals surface area contributed by atoms with Crippen LogP contribution in [-0.4, -0.2) is 55.0 Å². The zero-order valence-corrected chi connectivity index (χ0v) is 14.7. The number of carbonyl (C=O) groups is 1. The number of ether oxygens (including phenoxy) is 1. The first kappa shape index (κ1) is 17.8. The minimum Gasteiger partial charge on any atom is -0.497 e. The van der Waals surface area contributed by atoms with Crippen LogP contribution in [0.25, 0.3) is 0 Å². The molecule has 1 saturated heterocycles. The van der Waals surface area contributed by atoms with Gasteiger partial charge in [0.25, 0.3) is 0 Å². The largest absolute Gasteiger partial charge is 0.497 e. The van der Waals surface area contributed by atoms with Gasteiger partial charge < -0.3 is 15.4 Å². The van der Waals surface area contributed by atoms with Gasteiger partial charge in [0.15, 0.2) is 0 Å². The molecule has 2 rings (SSSR count). The number of hydrogen-bond donors (Lipinski definition) is 1. The summed E-state index contributed by atoms with van der Waals surface area (Å²) in [5.41, 5.74) is 7.10. The van der Waals surface area contributed by atoms with Crippen molar-refractivity contribution in [2.45, 2.75) is 32.9 Å². The van der Waals surface area contributed by atoms with Crippen LogP contribution in [0.15, 0.2) is 24.3 Å². The van der Waals surface area contributed by atoms with Gasteiger partial charge in [0, 0.05) is 38.3 Å². The molecule has 1 aliphatic rings. The Hall–Kier alpha value is -1.59. The topological polar surface area (TPSA) is 58.8 Å². The zero-order valence-electron chi connectivity index (χ0n) is 14.7. The molecule has 0 aliphatic carbocycles. The Morgan fingerprint density at radius 3 is 2.39 bits per heavy atom. The maximum atomic E-state index is 12.4. The number of rotatable bonds is 5. The number of carbonyl (C=O) groups excluding carboxylic acids is 1.